The van der Waals surface area contributed by atoms with Crippen LogP contribution in [0.2, 0.25) is 0 Å². The second kappa shape index (κ2) is 3.34. The van der Waals surface area contributed by atoms with Gasteiger partial charge in [-0.25, -0.2) is 8.78 Å². The van der Waals surface area contributed by atoms with Crippen molar-refractivity contribution in [2.24, 2.45) is 5.92 Å². The molecule has 0 spiro atoms. The van der Waals surface area contributed by atoms with Gasteiger partial charge >= 0.3 is 0 Å². The molecule has 0 N–H and O–H groups in total. The van der Waals surface area contributed by atoms with E-state index in [1.165, 1.54) is 0 Å². The Balaban J connectivity index is 2.55. The fourth-order valence-electron chi connectivity index (χ4n) is 2.15. The zero-order valence-electron chi connectivity index (χ0n) is 8.53. The predicted octanol–water partition coefficient (Wildman–Crippen LogP) is 3.40. The van der Waals surface area contributed by atoms with Gasteiger partial charge in [0.1, 0.15) is 0 Å². The maximum Gasteiger partial charge on any atom is 0.162 e. The molecule has 0 heterocycles. The zero-order valence-corrected chi connectivity index (χ0v) is 8.53. The third-order valence-corrected chi connectivity index (χ3v) is 3.04. The van der Waals surface area contributed by atoms with Crippen molar-refractivity contribution in [1.82, 2.24) is 0 Å². The topological polar surface area (TPSA) is 0 Å². The predicted molar refractivity (Wildman–Crippen MR) is 52.3 cm³/mol. The Labute approximate surface area is 82.9 Å². The highest BCUT2D eigenvalue weighted by Gasteiger charge is 2.22. The lowest BCUT2D eigenvalue weighted by Crippen LogP contribution is -2.14. The Morgan fingerprint density at radius 1 is 1.29 bits per heavy atom. The van der Waals surface area contributed by atoms with Gasteiger partial charge in [0.2, 0.25) is 0 Å². The molecule has 0 nitrogen and oxygen atoms in total. The highest BCUT2D eigenvalue weighted by atomic mass is 19.2. The molecule has 0 amide bonds. The molecule has 1 aliphatic carbocycles. The van der Waals surface area contributed by atoms with E-state index in [0.29, 0.717) is 23.5 Å². The SMILES string of the molecule is Cc1cc2c(c(F)c1F)CC(C)CC2. The summed E-state index contributed by atoms with van der Waals surface area (Å²) in [6, 6.07) is 1.79. The molecule has 1 unspecified atom stereocenters. The number of benzene rings is 1. The molecule has 0 bridgehead atoms. The molecule has 0 radical (unpaired) electrons. The van der Waals surface area contributed by atoms with Gasteiger partial charge in [0, 0.05) is 0 Å². The van der Waals surface area contributed by atoms with Crippen molar-refractivity contribution < 1.29 is 8.78 Å². The largest absolute Gasteiger partial charge is 0.203 e. The summed E-state index contributed by atoms with van der Waals surface area (Å²) in [4.78, 5) is 0. The summed E-state index contributed by atoms with van der Waals surface area (Å²) in [6.45, 7) is 3.71. The number of hydrogen-bond donors (Lipinski definition) is 0. The van der Waals surface area contributed by atoms with Crippen LogP contribution in [-0.4, -0.2) is 0 Å². The fourth-order valence-corrected chi connectivity index (χ4v) is 2.15. The van der Waals surface area contributed by atoms with Crippen LogP contribution < -0.4 is 0 Å². The second-order valence-electron chi connectivity index (χ2n) is 4.31. The molecule has 1 aromatic carbocycles. The van der Waals surface area contributed by atoms with Gasteiger partial charge in [-0.1, -0.05) is 13.0 Å². The molecule has 0 saturated heterocycles. The average molecular weight is 196 g/mol. The van der Waals surface area contributed by atoms with E-state index < -0.39 is 11.6 Å². The van der Waals surface area contributed by atoms with E-state index in [9.17, 15) is 8.78 Å². The van der Waals surface area contributed by atoms with E-state index in [1.807, 2.05) is 0 Å². The van der Waals surface area contributed by atoms with Gasteiger partial charge in [0.05, 0.1) is 0 Å². The Morgan fingerprint density at radius 3 is 2.71 bits per heavy atom. The van der Waals surface area contributed by atoms with Crippen molar-refractivity contribution in [3.05, 3.63) is 34.4 Å². The van der Waals surface area contributed by atoms with Crippen LogP contribution in [0.3, 0.4) is 0 Å². The van der Waals surface area contributed by atoms with E-state index >= 15 is 0 Å². The first-order valence-corrected chi connectivity index (χ1v) is 5.06. The number of hydrogen-bond acceptors (Lipinski definition) is 0. The van der Waals surface area contributed by atoms with E-state index in [2.05, 4.69) is 6.92 Å². The highest BCUT2D eigenvalue weighted by Crippen LogP contribution is 2.29. The zero-order chi connectivity index (χ0) is 10.3. The lowest BCUT2D eigenvalue weighted by atomic mass is 9.84. The fraction of sp³-hybridized carbons (Fsp3) is 0.500. The number of aryl methyl sites for hydroxylation is 2. The van der Waals surface area contributed by atoms with Crippen molar-refractivity contribution in [2.45, 2.75) is 33.1 Å². The van der Waals surface area contributed by atoms with Crippen molar-refractivity contribution >= 4 is 0 Å². The Kier molecular flexibility index (Phi) is 2.30. The molecular formula is C12H14F2. The van der Waals surface area contributed by atoms with Gasteiger partial charge in [-0.3, -0.25) is 0 Å². The summed E-state index contributed by atoms with van der Waals surface area (Å²) in [5, 5.41) is 0. The van der Waals surface area contributed by atoms with E-state index in [4.69, 9.17) is 0 Å². The van der Waals surface area contributed by atoms with Gasteiger partial charge in [-0.05, 0) is 48.8 Å². The summed E-state index contributed by atoms with van der Waals surface area (Å²) in [7, 11) is 0. The normalized spacial score (nSPS) is 20.7. The molecule has 0 saturated carbocycles. The summed E-state index contributed by atoms with van der Waals surface area (Å²) in [5.74, 6) is -0.816. The van der Waals surface area contributed by atoms with Crippen LogP contribution in [0.15, 0.2) is 6.07 Å². The Hall–Kier alpha value is -0.920. The van der Waals surface area contributed by atoms with Crippen LogP contribution in [0, 0.1) is 24.5 Å². The lowest BCUT2D eigenvalue weighted by Gasteiger charge is -2.22. The maximum absolute atomic E-state index is 13.5. The van der Waals surface area contributed by atoms with Crippen molar-refractivity contribution in [3.63, 3.8) is 0 Å². The molecule has 1 atom stereocenters. The van der Waals surface area contributed by atoms with E-state index in [-0.39, 0.29) is 0 Å². The van der Waals surface area contributed by atoms with Crippen molar-refractivity contribution in [3.8, 4) is 0 Å². The van der Waals surface area contributed by atoms with E-state index in [1.54, 1.807) is 13.0 Å². The minimum absolute atomic E-state index is 0.427. The molecule has 76 valence electrons. The van der Waals surface area contributed by atoms with Crippen LogP contribution in [-0.2, 0) is 12.8 Å². The molecule has 14 heavy (non-hydrogen) atoms. The quantitative estimate of drug-likeness (QED) is 0.596. The number of halogens is 2. The number of rotatable bonds is 0. The molecule has 0 aliphatic heterocycles. The Morgan fingerprint density at radius 2 is 2.00 bits per heavy atom. The first kappa shape index (κ1) is 9.63. The van der Waals surface area contributed by atoms with Crippen LogP contribution >= 0.6 is 0 Å². The minimum Gasteiger partial charge on any atom is -0.203 e. The Bertz CT molecular complexity index is 369. The first-order valence-electron chi connectivity index (χ1n) is 5.06. The molecule has 2 rings (SSSR count). The number of fused-ring (bicyclic) bond motifs is 1. The highest BCUT2D eigenvalue weighted by molar-refractivity contribution is 5.36. The van der Waals surface area contributed by atoms with Crippen LogP contribution in [0.4, 0.5) is 8.78 Å². The molecule has 1 aliphatic rings. The molecular weight excluding hydrogens is 182 g/mol. The summed E-state index contributed by atoms with van der Waals surface area (Å²) in [6.07, 6.45) is 2.64. The van der Waals surface area contributed by atoms with Gasteiger partial charge < -0.3 is 0 Å². The maximum atomic E-state index is 13.5. The van der Waals surface area contributed by atoms with Crippen molar-refractivity contribution in [2.75, 3.05) is 0 Å². The minimum atomic E-state index is -0.669. The standard InChI is InChI=1S/C12H14F2/c1-7-3-4-9-6-8(2)11(13)12(14)10(9)5-7/h6-7H,3-5H2,1-2H3. The van der Waals surface area contributed by atoms with E-state index in [0.717, 1.165) is 18.4 Å². The molecule has 0 aromatic heterocycles. The van der Waals surface area contributed by atoms with Crippen molar-refractivity contribution in [1.29, 1.82) is 0 Å². The molecule has 2 heteroatoms. The van der Waals surface area contributed by atoms with Gasteiger partial charge in [0.15, 0.2) is 11.6 Å². The smallest absolute Gasteiger partial charge is 0.162 e. The van der Waals surface area contributed by atoms with Crippen LogP contribution in [0.25, 0.3) is 0 Å². The van der Waals surface area contributed by atoms with Crippen LogP contribution in [0.1, 0.15) is 30.0 Å². The van der Waals surface area contributed by atoms with Crippen LogP contribution in [0.5, 0.6) is 0 Å². The molecule has 1 aromatic rings. The average Bonchev–Trinajstić information content (AvgIpc) is 2.16. The summed E-state index contributed by atoms with van der Waals surface area (Å²) >= 11 is 0. The third kappa shape index (κ3) is 1.43. The third-order valence-electron chi connectivity index (χ3n) is 3.04. The molecule has 0 fully saturated rings. The first-order chi connectivity index (χ1) is 6.59. The van der Waals surface area contributed by atoms with Gasteiger partial charge in [0.25, 0.3) is 0 Å². The lowest BCUT2D eigenvalue weighted by molar-refractivity contribution is 0.446. The summed E-state index contributed by atoms with van der Waals surface area (Å²) < 4.78 is 26.8. The monoisotopic (exact) mass is 196 g/mol. The summed E-state index contributed by atoms with van der Waals surface area (Å²) in [5.41, 5.74) is 2.03. The second-order valence-corrected chi connectivity index (χ2v) is 4.31. The van der Waals surface area contributed by atoms with Gasteiger partial charge in [-0.15, -0.1) is 0 Å². The van der Waals surface area contributed by atoms with Gasteiger partial charge in [-0.2, -0.15) is 0 Å².